The fourth-order valence-corrected chi connectivity index (χ4v) is 8.85. The number of aliphatic carboxylic acids is 1. The molecule has 1 spiro atoms. The minimum Gasteiger partial charge on any atom is -0.481 e. The standard InChI is InChI=1S/C26H38O6/c1-15(4-7-22(29)30)17-5-6-18-23-19(13-21(28)25(17,18)3)24(2)8-9-26(31-10-11-32-26)14-16(24)12-20(23)27/h15-19,23H,4-14H2,1-3H3,(H,29,30)/t15-,16+,17+,18?,19?,23?,24-,25+/m0/s1. The van der Waals surface area contributed by atoms with Gasteiger partial charge in [0.25, 0.3) is 0 Å². The first kappa shape index (κ1) is 22.5. The number of carbonyl (C=O) groups excluding carboxylic acids is 2. The number of hydrogen-bond acceptors (Lipinski definition) is 5. The predicted octanol–water partition coefficient (Wildman–Crippen LogP) is 4.25. The lowest BCUT2D eigenvalue weighted by atomic mass is 9.43. The van der Waals surface area contributed by atoms with Gasteiger partial charge >= 0.3 is 5.97 Å². The van der Waals surface area contributed by atoms with Crippen LogP contribution in [0.15, 0.2) is 0 Å². The molecule has 1 aliphatic heterocycles. The molecule has 0 radical (unpaired) electrons. The van der Waals surface area contributed by atoms with Crippen molar-refractivity contribution in [1.82, 2.24) is 0 Å². The fourth-order valence-electron chi connectivity index (χ4n) is 8.85. The van der Waals surface area contributed by atoms with Gasteiger partial charge in [-0.05, 0) is 60.7 Å². The summed E-state index contributed by atoms with van der Waals surface area (Å²) in [7, 11) is 0. The number of ether oxygens (including phenoxy) is 2. The molecule has 0 aromatic heterocycles. The van der Waals surface area contributed by atoms with Gasteiger partial charge in [-0.1, -0.05) is 20.8 Å². The summed E-state index contributed by atoms with van der Waals surface area (Å²) in [6.45, 7) is 7.78. The highest BCUT2D eigenvalue weighted by molar-refractivity contribution is 5.92. The van der Waals surface area contributed by atoms with E-state index in [2.05, 4.69) is 20.8 Å². The zero-order chi connectivity index (χ0) is 22.9. The van der Waals surface area contributed by atoms with Crippen LogP contribution in [0.5, 0.6) is 0 Å². The van der Waals surface area contributed by atoms with Gasteiger partial charge in [0.15, 0.2) is 5.79 Å². The Hall–Kier alpha value is -1.27. The molecule has 5 fully saturated rings. The van der Waals surface area contributed by atoms with Crippen LogP contribution in [0.2, 0.25) is 0 Å². The van der Waals surface area contributed by atoms with E-state index in [1.807, 2.05) is 0 Å². The van der Waals surface area contributed by atoms with Crippen molar-refractivity contribution in [1.29, 1.82) is 0 Å². The summed E-state index contributed by atoms with van der Waals surface area (Å²) in [5, 5.41) is 9.13. The molecule has 8 atom stereocenters. The molecule has 5 aliphatic rings. The number of rotatable bonds is 4. The fraction of sp³-hybridized carbons (Fsp3) is 0.885. The molecule has 6 nitrogen and oxygen atoms in total. The first-order valence-electron chi connectivity index (χ1n) is 12.7. The Morgan fingerprint density at radius 1 is 1.09 bits per heavy atom. The number of fused-ring (bicyclic) bond motifs is 5. The number of ketones is 2. The van der Waals surface area contributed by atoms with Gasteiger partial charge in [0.05, 0.1) is 13.2 Å². The van der Waals surface area contributed by atoms with Gasteiger partial charge in [-0.3, -0.25) is 14.4 Å². The molecule has 0 amide bonds. The quantitative estimate of drug-likeness (QED) is 0.694. The smallest absolute Gasteiger partial charge is 0.303 e. The van der Waals surface area contributed by atoms with Gasteiger partial charge < -0.3 is 14.6 Å². The molecule has 6 heteroatoms. The molecule has 32 heavy (non-hydrogen) atoms. The third-order valence-corrected chi connectivity index (χ3v) is 10.7. The zero-order valence-electron chi connectivity index (χ0n) is 19.7. The topological polar surface area (TPSA) is 89.9 Å². The largest absolute Gasteiger partial charge is 0.481 e. The van der Waals surface area contributed by atoms with E-state index in [9.17, 15) is 14.4 Å². The minimum atomic E-state index is -0.779. The second-order valence-electron chi connectivity index (χ2n) is 11.9. The van der Waals surface area contributed by atoms with E-state index in [0.29, 0.717) is 44.0 Å². The Kier molecular flexibility index (Phi) is 5.37. The molecule has 0 aromatic carbocycles. The highest BCUT2D eigenvalue weighted by atomic mass is 16.7. The lowest BCUT2D eigenvalue weighted by Gasteiger charge is -2.60. The van der Waals surface area contributed by atoms with Crippen LogP contribution >= 0.6 is 0 Å². The van der Waals surface area contributed by atoms with E-state index >= 15 is 0 Å². The van der Waals surface area contributed by atoms with Crippen LogP contribution < -0.4 is 0 Å². The summed E-state index contributed by atoms with van der Waals surface area (Å²) in [6.07, 6.45) is 6.21. The van der Waals surface area contributed by atoms with Crippen molar-refractivity contribution < 1.29 is 29.0 Å². The zero-order valence-corrected chi connectivity index (χ0v) is 19.7. The maximum atomic E-state index is 13.8. The first-order chi connectivity index (χ1) is 15.1. The molecule has 1 saturated heterocycles. The average Bonchev–Trinajstić information content (AvgIpc) is 3.34. The molecule has 4 aliphatic carbocycles. The van der Waals surface area contributed by atoms with Gasteiger partial charge in [-0.25, -0.2) is 0 Å². The van der Waals surface area contributed by atoms with Crippen LogP contribution in [0, 0.1) is 46.3 Å². The summed E-state index contributed by atoms with van der Waals surface area (Å²) >= 11 is 0. The van der Waals surface area contributed by atoms with Crippen molar-refractivity contribution >= 4 is 17.5 Å². The maximum absolute atomic E-state index is 13.8. The van der Waals surface area contributed by atoms with Crippen LogP contribution in [0.1, 0.15) is 78.6 Å². The predicted molar refractivity (Wildman–Crippen MR) is 117 cm³/mol. The normalized spacial score (nSPS) is 45.9. The van der Waals surface area contributed by atoms with E-state index in [-0.39, 0.29) is 47.3 Å². The van der Waals surface area contributed by atoms with Crippen LogP contribution in [0.25, 0.3) is 0 Å². The number of carboxylic acids is 1. The van der Waals surface area contributed by atoms with E-state index in [4.69, 9.17) is 14.6 Å². The van der Waals surface area contributed by atoms with Crippen molar-refractivity contribution in [2.24, 2.45) is 46.3 Å². The maximum Gasteiger partial charge on any atom is 0.303 e. The number of carboxylic acid groups (broad SMARTS) is 1. The summed E-state index contributed by atoms with van der Waals surface area (Å²) in [5.74, 6) is 0.121. The van der Waals surface area contributed by atoms with E-state index in [1.54, 1.807) is 0 Å². The molecule has 178 valence electrons. The SMILES string of the molecule is C[C@@H](CCC(=O)O)[C@H]1CCC2C3C(=O)C[C@@H]4CC5(CC[C@]4(C)C3CC(=O)[C@@]21C)OCCO5. The van der Waals surface area contributed by atoms with Crippen molar-refractivity contribution in [2.75, 3.05) is 13.2 Å². The Morgan fingerprint density at radius 3 is 2.50 bits per heavy atom. The Morgan fingerprint density at radius 2 is 1.81 bits per heavy atom. The van der Waals surface area contributed by atoms with Gasteiger partial charge in [0.2, 0.25) is 0 Å². The molecule has 0 bridgehead atoms. The van der Waals surface area contributed by atoms with Gasteiger partial charge in [-0.15, -0.1) is 0 Å². The van der Waals surface area contributed by atoms with Crippen molar-refractivity contribution in [2.45, 2.75) is 84.3 Å². The van der Waals surface area contributed by atoms with Crippen LogP contribution in [0.3, 0.4) is 0 Å². The van der Waals surface area contributed by atoms with Gasteiger partial charge in [-0.2, -0.15) is 0 Å². The Balaban J connectivity index is 1.41. The summed E-state index contributed by atoms with van der Waals surface area (Å²) in [6, 6.07) is 0. The number of carbonyl (C=O) groups is 3. The second-order valence-corrected chi connectivity index (χ2v) is 11.9. The van der Waals surface area contributed by atoms with E-state index in [1.165, 1.54) is 0 Å². The Bertz CT molecular complexity index is 815. The van der Waals surface area contributed by atoms with E-state index in [0.717, 1.165) is 32.1 Å². The van der Waals surface area contributed by atoms with Crippen molar-refractivity contribution in [3.63, 3.8) is 0 Å². The molecule has 1 N–H and O–H groups in total. The molecule has 1 heterocycles. The molecule has 4 saturated carbocycles. The van der Waals surface area contributed by atoms with Gasteiger partial charge in [0.1, 0.15) is 11.6 Å². The summed E-state index contributed by atoms with van der Waals surface area (Å²) < 4.78 is 12.0. The summed E-state index contributed by atoms with van der Waals surface area (Å²) in [5.41, 5.74) is -0.519. The average molecular weight is 447 g/mol. The monoisotopic (exact) mass is 446 g/mol. The summed E-state index contributed by atoms with van der Waals surface area (Å²) in [4.78, 5) is 38.6. The van der Waals surface area contributed by atoms with Crippen LogP contribution in [-0.2, 0) is 23.9 Å². The molecule has 3 unspecified atom stereocenters. The molecule has 0 aromatic rings. The number of Topliss-reactive ketones (excluding diaryl/α,β-unsaturated/α-hetero) is 2. The third kappa shape index (κ3) is 3.15. The minimum absolute atomic E-state index is 0.0247. The third-order valence-electron chi connectivity index (χ3n) is 10.7. The second kappa shape index (κ2) is 7.63. The van der Waals surface area contributed by atoms with Crippen LogP contribution in [0.4, 0.5) is 0 Å². The molecule has 5 rings (SSSR count). The highest BCUT2D eigenvalue weighted by Crippen LogP contribution is 2.67. The molecular formula is C26H38O6. The highest BCUT2D eigenvalue weighted by Gasteiger charge is 2.67. The first-order valence-corrected chi connectivity index (χ1v) is 12.7. The number of hydrogen-bond donors (Lipinski definition) is 1. The van der Waals surface area contributed by atoms with Gasteiger partial charge in [0, 0.05) is 43.4 Å². The van der Waals surface area contributed by atoms with Crippen molar-refractivity contribution in [3.05, 3.63) is 0 Å². The molecular weight excluding hydrogens is 408 g/mol. The van der Waals surface area contributed by atoms with Crippen molar-refractivity contribution in [3.8, 4) is 0 Å². The lowest BCUT2D eigenvalue weighted by molar-refractivity contribution is -0.225. The lowest BCUT2D eigenvalue weighted by Crippen LogP contribution is -2.61. The van der Waals surface area contributed by atoms with Crippen LogP contribution in [-0.4, -0.2) is 41.6 Å². The Labute approximate surface area is 190 Å². The van der Waals surface area contributed by atoms with E-state index < -0.39 is 17.2 Å².